The Labute approximate surface area is 120 Å². The fraction of sp³-hybridized carbons (Fsp3) is 0.0714. The Kier molecular flexibility index (Phi) is 3.38. The molecule has 7 nitrogen and oxygen atoms in total. The van der Waals surface area contributed by atoms with Gasteiger partial charge in [0.25, 0.3) is 5.91 Å². The standard InChI is InChI=1S/C14H12N6O/c1-10-3-2-4-12(18-10)14(21)19-11-5-6-13(16-7-11)20-9-15-8-17-20/h2-9H,1H3,(H,19,21). The Morgan fingerprint density at radius 2 is 2.14 bits per heavy atom. The first-order chi connectivity index (χ1) is 10.2. The van der Waals surface area contributed by atoms with E-state index in [1.54, 1.807) is 36.8 Å². The number of pyridine rings is 2. The quantitative estimate of drug-likeness (QED) is 0.788. The summed E-state index contributed by atoms with van der Waals surface area (Å²) in [6, 6.07) is 8.79. The summed E-state index contributed by atoms with van der Waals surface area (Å²) in [6.07, 6.45) is 4.54. The highest BCUT2D eigenvalue weighted by Crippen LogP contribution is 2.10. The molecule has 0 aliphatic rings. The Morgan fingerprint density at radius 1 is 1.24 bits per heavy atom. The minimum Gasteiger partial charge on any atom is -0.319 e. The molecule has 0 aliphatic heterocycles. The molecule has 21 heavy (non-hydrogen) atoms. The van der Waals surface area contributed by atoms with Gasteiger partial charge in [-0.1, -0.05) is 6.07 Å². The lowest BCUT2D eigenvalue weighted by Crippen LogP contribution is -2.14. The Hall–Kier alpha value is -3.09. The van der Waals surface area contributed by atoms with Crippen molar-refractivity contribution in [3.63, 3.8) is 0 Å². The zero-order valence-corrected chi connectivity index (χ0v) is 11.3. The average Bonchev–Trinajstić information content (AvgIpc) is 3.02. The largest absolute Gasteiger partial charge is 0.319 e. The topological polar surface area (TPSA) is 85.6 Å². The van der Waals surface area contributed by atoms with Gasteiger partial charge in [-0.25, -0.2) is 19.6 Å². The van der Waals surface area contributed by atoms with Crippen molar-refractivity contribution < 1.29 is 4.79 Å². The van der Waals surface area contributed by atoms with Gasteiger partial charge < -0.3 is 5.32 Å². The summed E-state index contributed by atoms with van der Waals surface area (Å²) in [7, 11) is 0. The van der Waals surface area contributed by atoms with E-state index in [0.29, 0.717) is 17.2 Å². The van der Waals surface area contributed by atoms with Crippen LogP contribution in [-0.2, 0) is 0 Å². The fourth-order valence-electron chi connectivity index (χ4n) is 1.79. The zero-order chi connectivity index (χ0) is 14.7. The van der Waals surface area contributed by atoms with Crippen LogP contribution < -0.4 is 5.32 Å². The van der Waals surface area contributed by atoms with Crippen molar-refractivity contribution in [2.24, 2.45) is 0 Å². The highest BCUT2D eigenvalue weighted by atomic mass is 16.1. The molecule has 0 radical (unpaired) electrons. The van der Waals surface area contributed by atoms with Crippen molar-refractivity contribution in [2.45, 2.75) is 6.92 Å². The molecule has 3 heterocycles. The van der Waals surface area contributed by atoms with Crippen LogP contribution in [0, 0.1) is 6.92 Å². The molecule has 3 rings (SSSR count). The summed E-state index contributed by atoms with van der Waals surface area (Å²) in [4.78, 5) is 24.3. The molecular weight excluding hydrogens is 268 g/mol. The minimum atomic E-state index is -0.269. The number of hydrogen-bond donors (Lipinski definition) is 1. The number of rotatable bonds is 3. The van der Waals surface area contributed by atoms with Crippen LogP contribution in [0.1, 0.15) is 16.2 Å². The second-order valence-corrected chi connectivity index (χ2v) is 4.36. The van der Waals surface area contributed by atoms with Crippen molar-refractivity contribution in [2.75, 3.05) is 5.32 Å². The molecule has 0 atom stereocenters. The maximum atomic E-state index is 12.1. The van der Waals surface area contributed by atoms with E-state index in [2.05, 4.69) is 25.4 Å². The van der Waals surface area contributed by atoms with E-state index in [1.807, 2.05) is 13.0 Å². The highest BCUT2D eigenvalue weighted by molar-refractivity contribution is 6.02. The molecule has 0 unspecified atom stereocenters. The predicted octanol–water partition coefficient (Wildman–Crippen LogP) is 1.62. The van der Waals surface area contributed by atoms with Crippen molar-refractivity contribution >= 4 is 11.6 Å². The number of amides is 1. The third-order valence-corrected chi connectivity index (χ3v) is 2.78. The van der Waals surface area contributed by atoms with E-state index in [9.17, 15) is 4.79 Å². The molecule has 3 aromatic rings. The normalized spacial score (nSPS) is 10.3. The summed E-state index contributed by atoms with van der Waals surface area (Å²) >= 11 is 0. The van der Waals surface area contributed by atoms with Crippen LogP contribution in [0.2, 0.25) is 0 Å². The van der Waals surface area contributed by atoms with Crippen LogP contribution in [0.15, 0.2) is 49.2 Å². The number of carbonyl (C=O) groups is 1. The van der Waals surface area contributed by atoms with Crippen molar-refractivity contribution in [3.05, 3.63) is 60.6 Å². The molecule has 104 valence electrons. The SMILES string of the molecule is Cc1cccc(C(=O)Nc2ccc(-n3cncn3)nc2)n1. The average molecular weight is 280 g/mol. The molecule has 0 spiro atoms. The van der Waals surface area contributed by atoms with E-state index in [4.69, 9.17) is 0 Å². The van der Waals surface area contributed by atoms with Gasteiger partial charge in [-0.05, 0) is 31.2 Å². The summed E-state index contributed by atoms with van der Waals surface area (Å²) < 4.78 is 1.54. The van der Waals surface area contributed by atoms with Gasteiger partial charge in [-0.2, -0.15) is 5.10 Å². The lowest BCUT2D eigenvalue weighted by atomic mass is 10.3. The van der Waals surface area contributed by atoms with E-state index in [0.717, 1.165) is 5.69 Å². The predicted molar refractivity (Wildman–Crippen MR) is 76.1 cm³/mol. The second kappa shape index (κ2) is 5.49. The number of nitrogens with one attached hydrogen (secondary N) is 1. The summed E-state index contributed by atoms with van der Waals surface area (Å²) in [5.74, 6) is 0.355. The molecule has 3 aromatic heterocycles. The van der Waals surface area contributed by atoms with Crippen LogP contribution in [0.3, 0.4) is 0 Å². The molecule has 0 bridgehead atoms. The van der Waals surface area contributed by atoms with Crippen LogP contribution >= 0.6 is 0 Å². The number of aromatic nitrogens is 5. The van der Waals surface area contributed by atoms with E-state index in [-0.39, 0.29) is 5.91 Å². The van der Waals surface area contributed by atoms with Gasteiger partial charge in [0.05, 0.1) is 11.9 Å². The van der Waals surface area contributed by atoms with E-state index >= 15 is 0 Å². The smallest absolute Gasteiger partial charge is 0.274 e. The first-order valence-corrected chi connectivity index (χ1v) is 6.28. The molecule has 7 heteroatoms. The molecule has 1 amide bonds. The van der Waals surface area contributed by atoms with Gasteiger partial charge in [0.15, 0.2) is 5.82 Å². The van der Waals surface area contributed by atoms with Gasteiger partial charge >= 0.3 is 0 Å². The van der Waals surface area contributed by atoms with Crippen LogP contribution in [0.5, 0.6) is 0 Å². The van der Waals surface area contributed by atoms with E-state index in [1.165, 1.54) is 11.0 Å². The van der Waals surface area contributed by atoms with Crippen LogP contribution in [0.4, 0.5) is 5.69 Å². The number of anilines is 1. The first kappa shape index (κ1) is 12.9. The van der Waals surface area contributed by atoms with Crippen LogP contribution in [-0.4, -0.2) is 30.6 Å². The van der Waals surface area contributed by atoms with Crippen molar-refractivity contribution in [3.8, 4) is 5.82 Å². The third-order valence-electron chi connectivity index (χ3n) is 2.78. The molecule has 0 saturated heterocycles. The Balaban J connectivity index is 1.75. The summed E-state index contributed by atoms with van der Waals surface area (Å²) in [5, 5.41) is 6.73. The Morgan fingerprint density at radius 3 is 2.81 bits per heavy atom. The molecule has 1 N–H and O–H groups in total. The molecule has 0 aromatic carbocycles. The van der Waals surface area contributed by atoms with Gasteiger partial charge in [-0.15, -0.1) is 0 Å². The van der Waals surface area contributed by atoms with Crippen molar-refractivity contribution in [1.82, 2.24) is 24.7 Å². The van der Waals surface area contributed by atoms with E-state index < -0.39 is 0 Å². The molecule has 0 aliphatic carbocycles. The summed E-state index contributed by atoms with van der Waals surface area (Å²) in [6.45, 7) is 1.84. The summed E-state index contributed by atoms with van der Waals surface area (Å²) in [5.41, 5.74) is 1.75. The lowest BCUT2D eigenvalue weighted by Gasteiger charge is -2.06. The molecule has 0 fully saturated rings. The number of hydrogen-bond acceptors (Lipinski definition) is 5. The van der Waals surface area contributed by atoms with Gasteiger partial charge in [-0.3, -0.25) is 4.79 Å². The Bertz CT molecular complexity index is 751. The first-order valence-electron chi connectivity index (χ1n) is 6.28. The maximum absolute atomic E-state index is 12.1. The lowest BCUT2D eigenvalue weighted by molar-refractivity contribution is 0.102. The van der Waals surface area contributed by atoms with Gasteiger partial charge in [0.2, 0.25) is 0 Å². The van der Waals surface area contributed by atoms with Crippen molar-refractivity contribution in [1.29, 1.82) is 0 Å². The monoisotopic (exact) mass is 280 g/mol. The van der Waals surface area contributed by atoms with Crippen LogP contribution in [0.25, 0.3) is 5.82 Å². The van der Waals surface area contributed by atoms with Gasteiger partial charge in [0.1, 0.15) is 18.3 Å². The number of carbonyl (C=O) groups excluding carboxylic acids is 1. The minimum absolute atomic E-state index is 0.269. The maximum Gasteiger partial charge on any atom is 0.274 e. The fourth-order valence-corrected chi connectivity index (χ4v) is 1.79. The number of aryl methyl sites for hydroxylation is 1. The third kappa shape index (κ3) is 2.92. The highest BCUT2D eigenvalue weighted by Gasteiger charge is 2.08. The number of nitrogens with zero attached hydrogens (tertiary/aromatic N) is 5. The van der Waals surface area contributed by atoms with Gasteiger partial charge in [0, 0.05) is 5.69 Å². The second-order valence-electron chi connectivity index (χ2n) is 4.36. The molecule has 0 saturated carbocycles. The zero-order valence-electron chi connectivity index (χ0n) is 11.3. The molecular formula is C14H12N6O.